The van der Waals surface area contributed by atoms with Crippen LogP contribution in [0.25, 0.3) is 11.6 Å². The van der Waals surface area contributed by atoms with E-state index in [0.29, 0.717) is 17.0 Å². The molecule has 0 amide bonds. The number of oxazole rings is 1. The summed E-state index contributed by atoms with van der Waals surface area (Å²) in [5.41, 5.74) is 1.29. The molecule has 0 saturated heterocycles. The van der Waals surface area contributed by atoms with Gasteiger partial charge in [0.2, 0.25) is 0 Å². The molecule has 1 aromatic rings. The summed E-state index contributed by atoms with van der Waals surface area (Å²) < 4.78 is 4.79. The van der Waals surface area contributed by atoms with Crippen LogP contribution in [-0.4, -0.2) is 4.98 Å². The third-order valence-corrected chi connectivity index (χ3v) is 1.27. The zero-order valence-electron chi connectivity index (χ0n) is 6.31. The highest BCUT2D eigenvalue weighted by molar-refractivity contribution is 5.64. The Hall–Kier alpha value is -1.51. The van der Waals surface area contributed by atoms with E-state index in [4.69, 9.17) is 4.42 Å². The molecule has 0 fully saturated rings. The van der Waals surface area contributed by atoms with Crippen LogP contribution in [0.3, 0.4) is 0 Å². The summed E-state index contributed by atoms with van der Waals surface area (Å²) in [6.45, 7) is 8.93. The summed E-state index contributed by atoms with van der Waals surface area (Å²) in [7, 11) is 0. The Kier molecular flexibility index (Phi) is 1.81. The van der Waals surface area contributed by atoms with E-state index in [1.54, 1.807) is 6.92 Å². The molecule has 1 N–H and O–H groups in total. The van der Waals surface area contributed by atoms with E-state index in [1.165, 1.54) is 6.08 Å². The van der Waals surface area contributed by atoms with Crippen molar-refractivity contribution in [2.45, 2.75) is 6.92 Å². The van der Waals surface area contributed by atoms with Crippen LogP contribution < -0.4 is 5.76 Å². The fraction of sp³-hybridized carbons (Fsp3) is 0.125. The van der Waals surface area contributed by atoms with Crippen LogP contribution in [0.4, 0.5) is 0 Å². The van der Waals surface area contributed by atoms with E-state index in [9.17, 15) is 4.79 Å². The Labute approximate surface area is 64.1 Å². The summed E-state index contributed by atoms with van der Waals surface area (Å²) in [4.78, 5) is 13.1. The Morgan fingerprint density at radius 1 is 1.73 bits per heavy atom. The van der Waals surface area contributed by atoms with Crippen molar-refractivity contribution in [2.75, 3.05) is 0 Å². The summed E-state index contributed by atoms with van der Waals surface area (Å²) in [6.07, 6.45) is 1.52. The highest BCUT2D eigenvalue weighted by Crippen LogP contribution is 2.13. The molecule has 58 valence electrons. The van der Waals surface area contributed by atoms with E-state index in [1.807, 2.05) is 0 Å². The number of aromatic nitrogens is 1. The van der Waals surface area contributed by atoms with Gasteiger partial charge in [0.05, 0.1) is 5.69 Å². The predicted octanol–water partition coefficient (Wildman–Crippen LogP) is 1.64. The number of allylic oxidation sites excluding steroid dienone is 1. The van der Waals surface area contributed by atoms with Crippen molar-refractivity contribution in [1.82, 2.24) is 4.98 Å². The SMILES string of the molecule is C=Cc1[nH]c(=O)oc1C(=C)C. The maximum absolute atomic E-state index is 10.7. The molecule has 0 radical (unpaired) electrons. The molecule has 1 rings (SSSR count). The van der Waals surface area contributed by atoms with Gasteiger partial charge in [-0.3, -0.25) is 4.98 Å². The van der Waals surface area contributed by atoms with Crippen molar-refractivity contribution in [3.05, 3.63) is 35.2 Å². The van der Waals surface area contributed by atoms with Crippen LogP contribution in [0.15, 0.2) is 22.4 Å². The van der Waals surface area contributed by atoms with E-state index < -0.39 is 5.76 Å². The Bertz CT molecular complexity index is 343. The van der Waals surface area contributed by atoms with Crippen LogP contribution >= 0.6 is 0 Å². The van der Waals surface area contributed by atoms with Gasteiger partial charge < -0.3 is 4.42 Å². The van der Waals surface area contributed by atoms with Crippen LogP contribution in [0.1, 0.15) is 18.4 Å². The number of aromatic amines is 1. The van der Waals surface area contributed by atoms with Gasteiger partial charge in [-0.2, -0.15) is 0 Å². The Balaban J connectivity index is 3.33. The number of nitrogens with one attached hydrogen (secondary N) is 1. The molecule has 11 heavy (non-hydrogen) atoms. The molecule has 0 atom stereocenters. The topological polar surface area (TPSA) is 46.0 Å². The molecule has 1 aromatic heterocycles. The molecule has 3 nitrogen and oxygen atoms in total. The number of H-pyrrole nitrogens is 1. The van der Waals surface area contributed by atoms with Gasteiger partial charge in [0, 0.05) is 0 Å². The summed E-state index contributed by atoms with van der Waals surface area (Å²) in [6, 6.07) is 0. The number of rotatable bonds is 2. The normalized spacial score (nSPS) is 9.55. The van der Waals surface area contributed by atoms with E-state index in [0.717, 1.165) is 0 Å². The second-order valence-corrected chi connectivity index (χ2v) is 2.24. The number of hydrogen-bond acceptors (Lipinski definition) is 2. The molecule has 0 bridgehead atoms. The van der Waals surface area contributed by atoms with Gasteiger partial charge in [-0.25, -0.2) is 4.79 Å². The lowest BCUT2D eigenvalue weighted by Gasteiger charge is -1.91. The third kappa shape index (κ3) is 1.32. The van der Waals surface area contributed by atoms with Gasteiger partial charge >= 0.3 is 5.76 Å². The second-order valence-electron chi connectivity index (χ2n) is 2.24. The van der Waals surface area contributed by atoms with Crippen molar-refractivity contribution in [3.8, 4) is 0 Å². The first-order chi connectivity index (χ1) is 5.15. The van der Waals surface area contributed by atoms with Gasteiger partial charge in [0.25, 0.3) is 0 Å². The first kappa shape index (κ1) is 7.60. The Morgan fingerprint density at radius 2 is 2.36 bits per heavy atom. The lowest BCUT2D eigenvalue weighted by atomic mass is 10.2. The summed E-state index contributed by atoms with van der Waals surface area (Å²) in [5.74, 6) is 0.00269. The molecule has 0 spiro atoms. The lowest BCUT2D eigenvalue weighted by Crippen LogP contribution is -1.94. The van der Waals surface area contributed by atoms with Gasteiger partial charge in [-0.15, -0.1) is 0 Å². The van der Waals surface area contributed by atoms with E-state index in [-0.39, 0.29) is 0 Å². The van der Waals surface area contributed by atoms with Crippen LogP contribution in [0.2, 0.25) is 0 Å². The minimum atomic E-state index is -0.474. The highest BCUT2D eigenvalue weighted by Gasteiger charge is 2.05. The molecular weight excluding hydrogens is 142 g/mol. The molecular formula is C8H9NO2. The first-order valence-corrected chi connectivity index (χ1v) is 3.16. The van der Waals surface area contributed by atoms with Crippen molar-refractivity contribution in [3.63, 3.8) is 0 Å². The van der Waals surface area contributed by atoms with Gasteiger partial charge in [-0.1, -0.05) is 13.2 Å². The third-order valence-electron chi connectivity index (χ3n) is 1.27. The lowest BCUT2D eigenvalue weighted by molar-refractivity contribution is 0.503. The summed E-state index contributed by atoms with van der Waals surface area (Å²) >= 11 is 0. The van der Waals surface area contributed by atoms with Crippen molar-refractivity contribution in [2.24, 2.45) is 0 Å². The maximum Gasteiger partial charge on any atom is 0.417 e. The maximum atomic E-state index is 10.7. The minimum absolute atomic E-state index is 0.474. The fourth-order valence-corrected chi connectivity index (χ4v) is 0.801. The monoisotopic (exact) mass is 151 g/mol. The molecule has 3 heteroatoms. The number of hydrogen-bond donors (Lipinski definition) is 1. The zero-order chi connectivity index (χ0) is 8.43. The first-order valence-electron chi connectivity index (χ1n) is 3.16. The molecule has 0 saturated carbocycles. The molecule has 0 aliphatic carbocycles. The standard InChI is InChI=1S/C8H9NO2/c1-4-6-7(5(2)3)11-8(10)9-6/h4H,1-2H2,3H3,(H,9,10). The quantitative estimate of drug-likeness (QED) is 0.698. The van der Waals surface area contributed by atoms with Crippen molar-refractivity contribution >= 4 is 11.6 Å². The van der Waals surface area contributed by atoms with Crippen molar-refractivity contribution < 1.29 is 4.42 Å². The second kappa shape index (κ2) is 2.62. The average Bonchev–Trinajstić information content (AvgIpc) is 2.30. The van der Waals surface area contributed by atoms with Crippen LogP contribution in [0.5, 0.6) is 0 Å². The molecule has 0 aliphatic rings. The zero-order valence-corrected chi connectivity index (χ0v) is 6.31. The fourth-order valence-electron chi connectivity index (χ4n) is 0.801. The average molecular weight is 151 g/mol. The smallest absolute Gasteiger partial charge is 0.408 e. The highest BCUT2D eigenvalue weighted by atomic mass is 16.4. The Morgan fingerprint density at radius 3 is 2.73 bits per heavy atom. The van der Waals surface area contributed by atoms with Crippen LogP contribution in [-0.2, 0) is 0 Å². The molecule has 0 unspecified atom stereocenters. The summed E-state index contributed by atoms with van der Waals surface area (Å²) in [5, 5.41) is 0. The molecule has 1 heterocycles. The minimum Gasteiger partial charge on any atom is -0.408 e. The van der Waals surface area contributed by atoms with Gasteiger partial charge in [0.15, 0.2) is 5.76 Å². The van der Waals surface area contributed by atoms with E-state index >= 15 is 0 Å². The predicted molar refractivity (Wildman–Crippen MR) is 44.1 cm³/mol. The largest absolute Gasteiger partial charge is 0.417 e. The molecule has 0 aliphatic heterocycles. The van der Waals surface area contributed by atoms with Crippen LogP contribution in [0, 0.1) is 0 Å². The van der Waals surface area contributed by atoms with Gasteiger partial charge in [-0.05, 0) is 18.6 Å². The van der Waals surface area contributed by atoms with Gasteiger partial charge in [0.1, 0.15) is 0 Å². The van der Waals surface area contributed by atoms with E-state index in [2.05, 4.69) is 18.1 Å². The van der Waals surface area contributed by atoms with Crippen molar-refractivity contribution in [1.29, 1.82) is 0 Å². The molecule has 0 aromatic carbocycles.